The van der Waals surface area contributed by atoms with E-state index in [4.69, 9.17) is 15.3 Å². The van der Waals surface area contributed by atoms with Crippen molar-refractivity contribution < 1.29 is 43.7 Å². The zero-order valence-corrected chi connectivity index (χ0v) is 74.0. The lowest BCUT2D eigenvalue weighted by Gasteiger charge is -2.52. The summed E-state index contributed by atoms with van der Waals surface area (Å²) in [6.45, 7) is 6.05. The molecular formula is C98H84Br4N12O9. The standard InChI is InChI=1S/C26H22BrN3O2.C26H23N3O2.C19H14BrN3O2.C13H14N2O2.C7H4BrNO.C7H7Br/c1-18-4-2-5-20(16-18)26(32)25(14-3-15-25)29(22-10-6-19(17-28)7-11-22)24(31)30(26)23-12-8-21(27)9-13-23;1-19-7-5-8-21(17-19)26(31)25(15-6-16-25)28(23-13-11-20(18-27)12-14-23)24(30)29(26)22-9-3-2-4-10-22;20-14-4-8-15(9-5-14)22-17(24)19(10-1-11-19)23(18(22)25)16-6-2-13(12-21)3-7-16;1-17-12(16)13(7-2-8-13)15-11-5-3-10(9-14)4-6-11;8-6-1-3-7(4-2-6)9-5-10;1-6-3-2-4-7(8)5-6/h2,4-13,16,32H,3,14-15H2,1H3;2-5,7-14,17,31H,6,15-16H2,1H3;2-9H,1,10-11H2;3-6,15H,2,7-8H2,1H3;1-4H;2-5H,1H3. The zero-order chi connectivity index (χ0) is 87.4. The minimum absolute atomic E-state index is 0.171. The molecule has 3 saturated heterocycles. The summed E-state index contributed by atoms with van der Waals surface area (Å²) in [6.07, 6.45) is 10.9. The van der Waals surface area contributed by atoms with Crippen molar-refractivity contribution in [3.63, 3.8) is 0 Å². The van der Waals surface area contributed by atoms with Crippen molar-refractivity contribution in [1.82, 2.24) is 0 Å². The number of ether oxygens (including phenoxy) is 1. The minimum atomic E-state index is -1.55. The number of rotatable bonds is 12. The number of isocyanates is 1. The van der Waals surface area contributed by atoms with E-state index in [0.717, 1.165) is 73.2 Å². The lowest BCUT2D eigenvalue weighted by molar-refractivity contribution is -0.149. The second kappa shape index (κ2) is 37.8. The van der Waals surface area contributed by atoms with Gasteiger partial charge < -0.3 is 20.3 Å². The van der Waals surface area contributed by atoms with Gasteiger partial charge in [-0.15, -0.1) is 0 Å². The first-order valence-corrected chi connectivity index (χ1v) is 43.0. The van der Waals surface area contributed by atoms with Crippen LogP contribution < -0.4 is 34.7 Å². The second-order valence-corrected chi connectivity index (χ2v) is 34.6. The number of nitrogens with zero attached hydrogens (tertiary/aromatic N) is 11. The molecule has 7 fully saturated rings. The Morgan fingerprint density at radius 2 is 0.756 bits per heavy atom. The van der Waals surface area contributed by atoms with Gasteiger partial charge in [0.05, 0.1) is 65.0 Å². The molecule has 7 aliphatic rings. The minimum Gasteiger partial charge on any atom is -0.467 e. The number of anilines is 7. The molecule has 0 aromatic heterocycles. The Morgan fingerprint density at radius 1 is 0.398 bits per heavy atom. The third kappa shape index (κ3) is 17.4. The van der Waals surface area contributed by atoms with E-state index >= 15 is 0 Å². The lowest BCUT2D eigenvalue weighted by atomic mass is 9.66. The molecule has 3 heterocycles. The average Bonchev–Trinajstić information content (AvgIpc) is 1.52. The van der Waals surface area contributed by atoms with Crippen LogP contribution in [0.3, 0.4) is 0 Å². The number of carbonyl (C=O) groups excluding carboxylic acids is 6. The van der Waals surface area contributed by atoms with Crippen LogP contribution in [-0.4, -0.2) is 75.5 Å². The number of hydrogen-bond donors (Lipinski definition) is 3. The Labute approximate surface area is 747 Å². The Kier molecular flexibility index (Phi) is 27.1. The summed E-state index contributed by atoms with van der Waals surface area (Å²) in [7, 11) is 1.41. The molecular weight excluding hydrogens is 1810 g/mol. The van der Waals surface area contributed by atoms with Crippen LogP contribution in [0.2, 0.25) is 0 Å². The molecule has 3 aliphatic heterocycles. The third-order valence-corrected chi connectivity index (χ3v) is 25.6. The maximum absolute atomic E-state index is 14.0. The molecule has 2 atom stereocenters. The maximum Gasteiger partial charge on any atom is 0.336 e. The first-order chi connectivity index (χ1) is 59.3. The molecule has 0 radical (unpaired) electrons. The molecule has 2 unspecified atom stereocenters. The van der Waals surface area contributed by atoms with E-state index in [1.54, 1.807) is 129 Å². The molecule has 25 heteroatoms. The zero-order valence-electron chi connectivity index (χ0n) is 67.6. The summed E-state index contributed by atoms with van der Waals surface area (Å²) in [6, 6.07) is 90.2. The number of halogens is 4. The van der Waals surface area contributed by atoms with Gasteiger partial charge in [-0.1, -0.05) is 159 Å². The monoisotopic (exact) mass is 1890 g/mol. The fourth-order valence-corrected chi connectivity index (χ4v) is 18.1. The number of urea groups is 3. The molecule has 0 bridgehead atoms. The summed E-state index contributed by atoms with van der Waals surface area (Å²) in [4.78, 5) is 88.5. The number of aryl methyl sites for hydroxylation is 3. The topological polar surface area (TPSA) is 291 Å². The number of amides is 7. The molecule has 123 heavy (non-hydrogen) atoms. The largest absolute Gasteiger partial charge is 0.467 e. The molecule has 3 N–H and O–H groups in total. The highest BCUT2D eigenvalue weighted by atomic mass is 79.9. The van der Waals surface area contributed by atoms with Gasteiger partial charge in [0.1, 0.15) is 22.2 Å². The Balaban J connectivity index is 0.000000134. The number of nitriles is 4. The van der Waals surface area contributed by atoms with Crippen LogP contribution in [-0.2, 0) is 30.6 Å². The summed E-state index contributed by atoms with van der Waals surface area (Å²) in [5, 5.41) is 64.3. The number of carbonyl (C=O) groups is 5. The molecule has 18 rings (SSSR count). The second-order valence-electron chi connectivity index (χ2n) is 30.9. The van der Waals surface area contributed by atoms with Gasteiger partial charge in [0, 0.05) is 63.1 Å². The number of imide groups is 1. The molecule has 21 nitrogen and oxygen atoms in total. The number of aliphatic hydroxyl groups is 2. The number of nitrogens with one attached hydrogen (secondary N) is 1. The van der Waals surface area contributed by atoms with Gasteiger partial charge in [0.25, 0.3) is 5.91 Å². The number of para-hydroxylation sites is 1. The van der Waals surface area contributed by atoms with Crippen molar-refractivity contribution in [3.8, 4) is 24.3 Å². The van der Waals surface area contributed by atoms with Gasteiger partial charge in [0.15, 0.2) is 11.4 Å². The first kappa shape index (κ1) is 88.1. The molecule has 7 amide bonds. The smallest absolute Gasteiger partial charge is 0.336 e. The predicted octanol–water partition coefficient (Wildman–Crippen LogP) is 22.4. The summed E-state index contributed by atoms with van der Waals surface area (Å²) in [5.41, 5.74) is 6.24. The van der Waals surface area contributed by atoms with Crippen LogP contribution in [0.4, 0.5) is 59.9 Å². The van der Waals surface area contributed by atoms with E-state index in [-0.39, 0.29) is 30.0 Å². The summed E-state index contributed by atoms with van der Waals surface area (Å²) in [5.74, 6) is -0.386. The quantitative estimate of drug-likeness (QED) is 0.0444. The third-order valence-electron chi connectivity index (χ3n) is 23.5. The van der Waals surface area contributed by atoms with Crippen molar-refractivity contribution in [3.05, 3.63) is 341 Å². The van der Waals surface area contributed by atoms with E-state index in [2.05, 4.69) is 117 Å². The maximum atomic E-state index is 14.0. The van der Waals surface area contributed by atoms with E-state index in [1.807, 2.05) is 166 Å². The van der Waals surface area contributed by atoms with Gasteiger partial charge in [-0.2, -0.15) is 26.0 Å². The number of esters is 1. The Bertz CT molecular complexity index is 5940. The summed E-state index contributed by atoms with van der Waals surface area (Å²) < 4.78 is 8.73. The van der Waals surface area contributed by atoms with Crippen molar-refractivity contribution in [2.75, 3.05) is 41.8 Å². The van der Waals surface area contributed by atoms with E-state index in [0.29, 0.717) is 112 Å². The van der Waals surface area contributed by atoms with Gasteiger partial charge in [-0.05, 0) is 292 Å². The van der Waals surface area contributed by atoms with E-state index in [1.165, 1.54) is 28.6 Å². The number of benzene rings is 11. The molecule has 3 spiro atoms. The van der Waals surface area contributed by atoms with Gasteiger partial charge >= 0.3 is 24.1 Å². The fraction of sp³-hybridized carbons (Fsp3) is 0.224. The van der Waals surface area contributed by atoms with E-state index in [9.17, 15) is 49.5 Å². The van der Waals surface area contributed by atoms with Gasteiger partial charge in [-0.25, -0.2) is 28.9 Å². The number of methoxy groups -OCH3 is 1. The highest BCUT2D eigenvalue weighted by Gasteiger charge is 2.72. The summed E-state index contributed by atoms with van der Waals surface area (Å²) >= 11 is 13.4. The Morgan fingerprint density at radius 3 is 1.10 bits per heavy atom. The number of hydrogen-bond acceptors (Lipinski definition) is 15. The molecule has 4 aliphatic carbocycles. The highest BCUT2D eigenvalue weighted by molar-refractivity contribution is 9.11. The van der Waals surface area contributed by atoms with Gasteiger partial charge in [0.2, 0.25) is 6.08 Å². The van der Waals surface area contributed by atoms with Gasteiger partial charge in [-0.3, -0.25) is 29.3 Å². The Hall–Kier alpha value is -12.7. The van der Waals surface area contributed by atoms with Crippen molar-refractivity contribution in [2.24, 2.45) is 4.99 Å². The van der Waals surface area contributed by atoms with Crippen LogP contribution in [0, 0.1) is 66.1 Å². The highest BCUT2D eigenvalue weighted by Crippen LogP contribution is 2.61. The number of aliphatic imine (C=N–C) groups is 1. The average molecular weight is 1890 g/mol. The lowest BCUT2D eigenvalue weighted by Crippen LogP contribution is -2.63. The molecule has 11 aromatic rings. The van der Waals surface area contributed by atoms with Crippen LogP contribution >= 0.6 is 63.7 Å². The van der Waals surface area contributed by atoms with Crippen molar-refractivity contribution >= 4 is 145 Å². The normalized spacial score (nSPS) is 18.4. The molecule has 618 valence electrons. The predicted molar refractivity (Wildman–Crippen MR) is 488 cm³/mol. The van der Waals surface area contributed by atoms with Crippen LogP contribution in [0.1, 0.15) is 127 Å². The van der Waals surface area contributed by atoms with Crippen molar-refractivity contribution in [2.45, 2.75) is 131 Å². The SMILES string of the molecule is COC(=O)C1(Nc2ccc(C#N)cc2)CCC1.Cc1cccc(Br)c1.Cc1cccc(C2(O)N(c3ccc(Br)cc3)C(=O)N(c3ccc(C#N)cc3)C23CCC3)c1.Cc1cccc(C2(O)N(c3ccccc3)C(=O)N(c3ccc(C#N)cc3)C23CCC3)c1.N#Cc1ccc(N2C(=O)N(c3ccc(Br)cc3)C(=O)C23CCC3)cc1.O=C=Nc1ccc(Br)cc1. The van der Waals surface area contributed by atoms with Crippen molar-refractivity contribution in [1.29, 1.82) is 21.0 Å². The first-order valence-electron chi connectivity index (χ1n) is 39.9. The van der Waals surface area contributed by atoms with Crippen LogP contribution in [0.5, 0.6) is 0 Å². The van der Waals surface area contributed by atoms with E-state index < -0.39 is 33.6 Å². The van der Waals surface area contributed by atoms with Crippen LogP contribution in [0.25, 0.3) is 0 Å². The molecule has 11 aromatic carbocycles. The fourth-order valence-electron chi connectivity index (χ4n) is 16.8. The molecule has 4 saturated carbocycles. The van der Waals surface area contributed by atoms with Crippen LogP contribution in [0.15, 0.2) is 296 Å².